The van der Waals surface area contributed by atoms with Crippen molar-refractivity contribution in [2.24, 2.45) is 4.99 Å². The van der Waals surface area contributed by atoms with E-state index in [0.29, 0.717) is 21.5 Å². The van der Waals surface area contributed by atoms with Crippen LogP contribution in [0.4, 0.5) is 10.1 Å². The van der Waals surface area contributed by atoms with Gasteiger partial charge in [-0.15, -0.1) is 0 Å². The summed E-state index contributed by atoms with van der Waals surface area (Å²) in [5.41, 5.74) is 2.43. The Labute approximate surface area is 146 Å². The maximum atomic E-state index is 13.7. The van der Waals surface area contributed by atoms with Crippen LogP contribution in [-0.4, -0.2) is 16.1 Å². The smallest absolute Gasteiger partial charge is 0.264 e. The summed E-state index contributed by atoms with van der Waals surface area (Å²) in [6, 6.07) is 11.7. The van der Waals surface area contributed by atoms with Crippen LogP contribution in [0.3, 0.4) is 0 Å². The van der Waals surface area contributed by atoms with Gasteiger partial charge in [-0.1, -0.05) is 18.2 Å². The van der Waals surface area contributed by atoms with E-state index in [4.69, 9.17) is 4.42 Å². The highest BCUT2D eigenvalue weighted by molar-refractivity contribution is 8.18. The standard InChI is InChI=1S/C18H12FN3O2S/c1-10-20-14-7-6-11(8-15(14)24-10)9-16-17(23)22-18(25-16)21-13-5-3-2-4-12(13)19/h2-9H,1H3,(H,21,22,23)/b16-9-. The Kier molecular flexibility index (Phi) is 3.85. The van der Waals surface area contributed by atoms with Gasteiger partial charge in [-0.3, -0.25) is 4.79 Å². The van der Waals surface area contributed by atoms with E-state index >= 15 is 0 Å². The normalized spacial score (nSPS) is 17.6. The summed E-state index contributed by atoms with van der Waals surface area (Å²) in [6.45, 7) is 1.78. The van der Waals surface area contributed by atoms with E-state index in [1.54, 1.807) is 31.2 Å². The number of hydrogen-bond donors (Lipinski definition) is 1. The average molecular weight is 353 g/mol. The Morgan fingerprint density at radius 3 is 2.96 bits per heavy atom. The number of amidine groups is 1. The van der Waals surface area contributed by atoms with Crippen LogP contribution >= 0.6 is 11.8 Å². The number of amides is 1. The van der Waals surface area contributed by atoms with Gasteiger partial charge in [0.1, 0.15) is 17.0 Å². The fourth-order valence-corrected chi connectivity index (χ4v) is 3.26. The predicted molar refractivity (Wildman–Crippen MR) is 96.0 cm³/mol. The molecule has 124 valence electrons. The Morgan fingerprint density at radius 2 is 2.12 bits per heavy atom. The first-order valence-corrected chi connectivity index (χ1v) is 8.31. The minimum atomic E-state index is -0.437. The van der Waals surface area contributed by atoms with Crippen LogP contribution in [0.2, 0.25) is 0 Å². The molecule has 0 spiro atoms. The quantitative estimate of drug-likeness (QED) is 0.702. The number of carbonyl (C=O) groups excluding carboxylic acids is 1. The third kappa shape index (κ3) is 3.18. The van der Waals surface area contributed by atoms with Crippen molar-refractivity contribution >= 4 is 45.7 Å². The molecule has 0 radical (unpaired) electrons. The molecule has 1 aromatic heterocycles. The van der Waals surface area contributed by atoms with Gasteiger partial charge >= 0.3 is 0 Å². The van der Waals surface area contributed by atoms with Gasteiger partial charge in [-0.2, -0.15) is 0 Å². The van der Waals surface area contributed by atoms with Gasteiger partial charge in [-0.25, -0.2) is 14.4 Å². The molecule has 0 atom stereocenters. The number of benzene rings is 2. The molecule has 25 heavy (non-hydrogen) atoms. The Morgan fingerprint density at radius 1 is 1.28 bits per heavy atom. The number of nitrogens with one attached hydrogen (secondary N) is 1. The van der Waals surface area contributed by atoms with E-state index in [-0.39, 0.29) is 11.6 Å². The Balaban J connectivity index is 1.63. The van der Waals surface area contributed by atoms with Crippen LogP contribution in [0.15, 0.2) is 56.8 Å². The zero-order valence-corrected chi connectivity index (χ0v) is 13.9. The van der Waals surface area contributed by atoms with E-state index in [2.05, 4.69) is 15.3 Å². The fourth-order valence-electron chi connectivity index (χ4n) is 2.43. The molecule has 1 N–H and O–H groups in total. The lowest BCUT2D eigenvalue weighted by Gasteiger charge is -1.97. The fraction of sp³-hybridized carbons (Fsp3) is 0.0556. The second kappa shape index (κ2) is 6.18. The van der Waals surface area contributed by atoms with Crippen LogP contribution in [0.25, 0.3) is 17.2 Å². The first-order valence-electron chi connectivity index (χ1n) is 7.50. The minimum Gasteiger partial charge on any atom is -0.441 e. The van der Waals surface area contributed by atoms with Crippen LogP contribution in [0.5, 0.6) is 0 Å². The van der Waals surface area contributed by atoms with E-state index < -0.39 is 5.82 Å². The molecule has 5 nitrogen and oxygen atoms in total. The number of thioether (sulfide) groups is 1. The largest absolute Gasteiger partial charge is 0.441 e. The molecule has 1 aliphatic rings. The highest BCUT2D eigenvalue weighted by Gasteiger charge is 2.24. The van der Waals surface area contributed by atoms with Crippen molar-refractivity contribution in [1.29, 1.82) is 0 Å². The average Bonchev–Trinajstić information content (AvgIpc) is 3.11. The van der Waals surface area contributed by atoms with Crippen molar-refractivity contribution in [1.82, 2.24) is 10.3 Å². The highest BCUT2D eigenvalue weighted by Crippen LogP contribution is 2.29. The number of oxazole rings is 1. The molecular weight excluding hydrogens is 341 g/mol. The lowest BCUT2D eigenvalue weighted by atomic mass is 10.2. The van der Waals surface area contributed by atoms with E-state index in [1.807, 2.05) is 18.2 Å². The van der Waals surface area contributed by atoms with Gasteiger partial charge in [0, 0.05) is 6.92 Å². The third-order valence-electron chi connectivity index (χ3n) is 3.54. The first kappa shape index (κ1) is 15.6. The van der Waals surface area contributed by atoms with Crippen molar-refractivity contribution in [3.8, 4) is 0 Å². The SMILES string of the molecule is Cc1nc2ccc(/C=C3\S/C(=N/c4ccccc4F)NC3=O)cc2o1. The van der Waals surface area contributed by atoms with Gasteiger partial charge in [0.2, 0.25) is 0 Å². The summed E-state index contributed by atoms with van der Waals surface area (Å²) in [5, 5.41) is 2.99. The summed E-state index contributed by atoms with van der Waals surface area (Å²) >= 11 is 1.17. The number of nitrogens with zero attached hydrogens (tertiary/aromatic N) is 2. The van der Waals surface area contributed by atoms with Crippen molar-refractivity contribution in [3.63, 3.8) is 0 Å². The lowest BCUT2D eigenvalue weighted by molar-refractivity contribution is -0.115. The van der Waals surface area contributed by atoms with Gasteiger partial charge in [0.25, 0.3) is 5.91 Å². The summed E-state index contributed by atoms with van der Waals surface area (Å²) < 4.78 is 19.2. The molecule has 2 aromatic carbocycles. The van der Waals surface area contributed by atoms with Crippen molar-refractivity contribution in [2.75, 3.05) is 0 Å². The molecule has 7 heteroatoms. The summed E-state index contributed by atoms with van der Waals surface area (Å²) in [5.74, 6) is -0.116. The molecule has 3 aromatic rings. The molecule has 1 amide bonds. The van der Waals surface area contributed by atoms with Crippen LogP contribution in [-0.2, 0) is 4.79 Å². The minimum absolute atomic E-state index is 0.185. The topological polar surface area (TPSA) is 67.5 Å². The maximum absolute atomic E-state index is 13.7. The van der Waals surface area contributed by atoms with Crippen molar-refractivity contribution in [2.45, 2.75) is 6.92 Å². The summed E-state index contributed by atoms with van der Waals surface area (Å²) in [4.78, 5) is 21.0. The Hall–Kier alpha value is -2.93. The lowest BCUT2D eigenvalue weighted by Crippen LogP contribution is -2.19. The number of fused-ring (bicyclic) bond motifs is 1. The van der Waals surface area contributed by atoms with E-state index in [9.17, 15) is 9.18 Å². The number of aromatic nitrogens is 1. The second-order valence-corrected chi connectivity index (χ2v) is 6.42. The molecule has 0 bridgehead atoms. The van der Waals surface area contributed by atoms with Gasteiger partial charge < -0.3 is 9.73 Å². The van der Waals surface area contributed by atoms with Gasteiger partial charge in [-0.05, 0) is 47.7 Å². The third-order valence-corrected chi connectivity index (χ3v) is 4.45. The summed E-state index contributed by atoms with van der Waals surface area (Å²) in [6.07, 6.45) is 1.74. The number of para-hydroxylation sites is 1. The highest BCUT2D eigenvalue weighted by atomic mass is 32.2. The summed E-state index contributed by atoms with van der Waals surface area (Å²) in [7, 11) is 0. The molecule has 4 rings (SSSR count). The van der Waals surface area contributed by atoms with Gasteiger partial charge in [0.15, 0.2) is 16.6 Å². The monoisotopic (exact) mass is 353 g/mol. The number of halogens is 1. The predicted octanol–water partition coefficient (Wildman–Crippen LogP) is 4.17. The van der Waals surface area contributed by atoms with Crippen LogP contribution in [0.1, 0.15) is 11.5 Å². The van der Waals surface area contributed by atoms with E-state index in [0.717, 1.165) is 11.1 Å². The van der Waals surface area contributed by atoms with Crippen molar-refractivity contribution < 1.29 is 13.6 Å². The molecular formula is C18H12FN3O2S. The first-order chi connectivity index (χ1) is 12.1. The Bertz CT molecular complexity index is 1060. The van der Waals surface area contributed by atoms with Gasteiger partial charge in [0.05, 0.1) is 4.91 Å². The maximum Gasteiger partial charge on any atom is 0.264 e. The molecule has 0 saturated carbocycles. The number of carbonyl (C=O) groups is 1. The van der Waals surface area contributed by atoms with E-state index in [1.165, 1.54) is 17.8 Å². The molecule has 1 aliphatic heterocycles. The van der Waals surface area contributed by atoms with Crippen LogP contribution in [0, 0.1) is 12.7 Å². The number of aliphatic imine (C=N–C) groups is 1. The zero-order chi connectivity index (χ0) is 17.4. The molecule has 0 unspecified atom stereocenters. The molecule has 1 fully saturated rings. The zero-order valence-electron chi connectivity index (χ0n) is 13.1. The molecule has 0 aliphatic carbocycles. The number of aryl methyl sites for hydroxylation is 1. The van der Waals surface area contributed by atoms with Crippen molar-refractivity contribution in [3.05, 3.63) is 64.6 Å². The number of rotatable bonds is 2. The molecule has 2 heterocycles. The second-order valence-electron chi connectivity index (χ2n) is 5.39. The number of hydrogen-bond acceptors (Lipinski definition) is 5. The molecule has 1 saturated heterocycles. The van der Waals surface area contributed by atoms with Crippen LogP contribution < -0.4 is 5.32 Å².